The average Bonchev–Trinajstić information content (AvgIpc) is 2.95. The van der Waals surface area contributed by atoms with Crippen LogP contribution in [-0.2, 0) is 5.75 Å². The summed E-state index contributed by atoms with van der Waals surface area (Å²) in [4.78, 5) is 18.6. The fraction of sp³-hybridized carbons (Fsp3) is 0.438. The summed E-state index contributed by atoms with van der Waals surface area (Å²) in [5, 5.41) is 4.69. The van der Waals surface area contributed by atoms with Crippen LogP contribution < -0.4 is 0 Å². The number of aromatic nitrogens is 2. The van der Waals surface area contributed by atoms with Crippen molar-refractivity contribution in [2.75, 3.05) is 13.6 Å². The number of carbonyl (C=O) groups is 1. The van der Waals surface area contributed by atoms with Gasteiger partial charge in [0.05, 0.1) is 11.3 Å². The number of aryl methyl sites for hydroxylation is 1. The van der Waals surface area contributed by atoms with Crippen LogP contribution in [0.3, 0.4) is 0 Å². The molecule has 22 heavy (non-hydrogen) atoms. The van der Waals surface area contributed by atoms with Gasteiger partial charge in [-0.25, -0.2) is 4.98 Å². The van der Waals surface area contributed by atoms with Crippen LogP contribution in [-0.4, -0.2) is 34.5 Å². The molecule has 0 unspecified atom stereocenters. The Labute approximate surface area is 135 Å². The number of amides is 1. The maximum Gasteiger partial charge on any atom is 0.256 e. The molecule has 0 fully saturated rings. The fourth-order valence-corrected chi connectivity index (χ4v) is 2.87. The molecule has 0 aromatic carbocycles. The molecule has 0 radical (unpaired) electrons. The minimum Gasteiger partial charge on any atom is -0.361 e. The van der Waals surface area contributed by atoms with E-state index >= 15 is 0 Å². The molecule has 0 saturated carbocycles. The third-order valence-electron chi connectivity index (χ3n) is 3.23. The monoisotopic (exact) mass is 319 g/mol. The van der Waals surface area contributed by atoms with Crippen molar-refractivity contribution in [3.8, 4) is 0 Å². The molecule has 0 bridgehead atoms. The minimum atomic E-state index is 0.0142. The Morgan fingerprint density at radius 3 is 2.95 bits per heavy atom. The quantitative estimate of drug-likeness (QED) is 0.731. The summed E-state index contributed by atoms with van der Waals surface area (Å²) in [6.45, 7) is 4.74. The van der Waals surface area contributed by atoms with Gasteiger partial charge >= 0.3 is 0 Å². The highest BCUT2D eigenvalue weighted by Gasteiger charge is 2.17. The number of hydrogen-bond donors (Lipinski definition) is 0. The zero-order valence-electron chi connectivity index (χ0n) is 13.2. The van der Waals surface area contributed by atoms with Gasteiger partial charge in [0.1, 0.15) is 10.8 Å². The highest BCUT2D eigenvalue weighted by Crippen LogP contribution is 2.24. The Kier molecular flexibility index (Phi) is 6.00. The van der Waals surface area contributed by atoms with Crippen molar-refractivity contribution in [3.05, 3.63) is 41.4 Å². The van der Waals surface area contributed by atoms with E-state index in [0.717, 1.165) is 35.9 Å². The lowest BCUT2D eigenvalue weighted by molar-refractivity contribution is 0.0789. The van der Waals surface area contributed by atoms with E-state index in [1.165, 1.54) is 11.8 Å². The average molecular weight is 319 g/mol. The largest absolute Gasteiger partial charge is 0.361 e. The van der Waals surface area contributed by atoms with Crippen LogP contribution in [0, 0.1) is 6.92 Å². The molecule has 118 valence electrons. The standard InChI is InChI=1S/C16H21N3O2S/c1-4-5-9-19(3)16(20)14-7-6-8-17-15(14)22-11-13-10-12(2)21-18-13/h6-8,10H,4-5,9,11H2,1-3H3. The summed E-state index contributed by atoms with van der Waals surface area (Å²) in [7, 11) is 1.83. The molecule has 2 aromatic rings. The highest BCUT2D eigenvalue weighted by molar-refractivity contribution is 7.98. The Morgan fingerprint density at radius 1 is 1.45 bits per heavy atom. The molecule has 0 N–H and O–H groups in total. The summed E-state index contributed by atoms with van der Waals surface area (Å²) >= 11 is 1.50. The van der Waals surface area contributed by atoms with E-state index in [1.54, 1.807) is 17.2 Å². The van der Waals surface area contributed by atoms with Gasteiger partial charge in [0.25, 0.3) is 5.91 Å². The molecule has 0 aliphatic rings. The van der Waals surface area contributed by atoms with Gasteiger partial charge in [-0.1, -0.05) is 30.3 Å². The molecule has 0 spiro atoms. The lowest BCUT2D eigenvalue weighted by atomic mass is 10.2. The topological polar surface area (TPSA) is 59.2 Å². The van der Waals surface area contributed by atoms with E-state index in [2.05, 4.69) is 17.1 Å². The molecule has 0 aliphatic heterocycles. The minimum absolute atomic E-state index is 0.0142. The molecule has 6 heteroatoms. The first-order valence-corrected chi connectivity index (χ1v) is 8.36. The van der Waals surface area contributed by atoms with Crippen molar-refractivity contribution in [1.29, 1.82) is 0 Å². The van der Waals surface area contributed by atoms with Crippen molar-refractivity contribution in [2.45, 2.75) is 37.5 Å². The highest BCUT2D eigenvalue weighted by atomic mass is 32.2. The SMILES string of the molecule is CCCCN(C)C(=O)c1cccnc1SCc1cc(C)on1. The van der Waals surface area contributed by atoms with Crippen molar-refractivity contribution >= 4 is 17.7 Å². The number of carbonyl (C=O) groups excluding carboxylic acids is 1. The molecular formula is C16H21N3O2S. The normalized spacial score (nSPS) is 10.7. The van der Waals surface area contributed by atoms with Crippen LogP contribution in [0.25, 0.3) is 0 Å². The van der Waals surface area contributed by atoms with Crippen molar-refractivity contribution < 1.29 is 9.32 Å². The second-order valence-corrected chi connectivity index (χ2v) is 6.12. The maximum atomic E-state index is 12.5. The molecular weight excluding hydrogens is 298 g/mol. The Bertz CT molecular complexity index is 627. The first kappa shape index (κ1) is 16.5. The predicted molar refractivity (Wildman–Crippen MR) is 86.9 cm³/mol. The van der Waals surface area contributed by atoms with E-state index < -0.39 is 0 Å². The molecule has 2 aromatic heterocycles. The van der Waals surface area contributed by atoms with E-state index in [9.17, 15) is 4.79 Å². The Morgan fingerprint density at radius 2 is 2.27 bits per heavy atom. The van der Waals surface area contributed by atoms with Crippen LogP contribution in [0.5, 0.6) is 0 Å². The van der Waals surface area contributed by atoms with E-state index in [-0.39, 0.29) is 5.91 Å². The van der Waals surface area contributed by atoms with Gasteiger partial charge in [-0.2, -0.15) is 0 Å². The Balaban J connectivity index is 2.07. The number of nitrogens with zero attached hydrogens (tertiary/aromatic N) is 3. The van der Waals surface area contributed by atoms with Crippen LogP contribution in [0.15, 0.2) is 33.9 Å². The number of unbranched alkanes of at least 4 members (excludes halogenated alkanes) is 1. The predicted octanol–water partition coefficient (Wildman–Crippen LogP) is 3.54. The van der Waals surface area contributed by atoms with Crippen LogP contribution in [0.2, 0.25) is 0 Å². The zero-order chi connectivity index (χ0) is 15.9. The summed E-state index contributed by atoms with van der Waals surface area (Å²) in [5.74, 6) is 1.43. The second kappa shape index (κ2) is 7.98. The van der Waals surface area contributed by atoms with Gasteiger partial charge in [-0.3, -0.25) is 4.79 Å². The molecule has 0 saturated heterocycles. The summed E-state index contributed by atoms with van der Waals surface area (Å²) < 4.78 is 5.05. The van der Waals surface area contributed by atoms with E-state index in [4.69, 9.17) is 4.52 Å². The van der Waals surface area contributed by atoms with Gasteiger partial charge < -0.3 is 9.42 Å². The second-order valence-electron chi connectivity index (χ2n) is 5.15. The van der Waals surface area contributed by atoms with Crippen LogP contribution >= 0.6 is 11.8 Å². The van der Waals surface area contributed by atoms with Gasteiger partial charge in [0.15, 0.2) is 0 Å². The van der Waals surface area contributed by atoms with Gasteiger partial charge in [0, 0.05) is 31.6 Å². The maximum absolute atomic E-state index is 12.5. The third kappa shape index (κ3) is 4.34. The van der Waals surface area contributed by atoms with Crippen molar-refractivity contribution in [3.63, 3.8) is 0 Å². The summed E-state index contributed by atoms with van der Waals surface area (Å²) in [5.41, 5.74) is 1.50. The molecule has 2 rings (SSSR count). The van der Waals surface area contributed by atoms with Crippen LogP contribution in [0.1, 0.15) is 41.6 Å². The first-order valence-electron chi connectivity index (χ1n) is 7.37. The van der Waals surface area contributed by atoms with Crippen molar-refractivity contribution in [1.82, 2.24) is 15.0 Å². The fourth-order valence-electron chi connectivity index (χ4n) is 2.00. The number of hydrogen-bond acceptors (Lipinski definition) is 5. The lowest BCUT2D eigenvalue weighted by Gasteiger charge is -2.18. The van der Waals surface area contributed by atoms with Gasteiger partial charge in [-0.05, 0) is 25.5 Å². The van der Waals surface area contributed by atoms with Gasteiger partial charge in [0.2, 0.25) is 0 Å². The lowest BCUT2D eigenvalue weighted by Crippen LogP contribution is -2.28. The van der Waals surface area contributed by atoms with E-state index in [0.29, 0.717) is 11.3 Å². The van der Waals surface area contributed by atoms with Gasteiger partial charge in [-0.15, -0.1) is 0 Å². The third-order valence-corrected chi connectivity index (χ3v) is 4.27. The van der Waals surface area contributed by atoms with Crippen LogP contribution in [0.4, 0.5) is 0 Å². The molecule has 1 amide bonds. The number of rotatable bonds is 7. The van der Waals surface area contributed by atoms with Crippen molar-refractivity contribution in [2.24, 2.45) is 0 Å². The number of pyridine rings is 1. The molecule has 0 aliphatic carbocycles. The molecule has 2 heterocycles. The van der Waals surface area contributed by atoms with E-state index in [1.807, 2.05) is 26.1 Å². The first-order chi connectivity index (χ1) is 10.6. The Hall–Kier alpha value is -1.82. The summed E-state index contributed by atoms with van der Waals surface area (Å²) in [6, 6.07) is 5.52. The molecule has 5 nitrogen and oxygen atoms in total. The zero-order valence-corrected chi connectivity index (χ0v) is 14.0. The molecule has 0 atom stereocenters. The summed E-state index contributed by atoms with van der Waals surface area (Å²) in [6.07, 6.45) is 3.78. The smallest absolute Gasteiger partial charge is 0.256 e. The number of thioether (sulfide) groups is 1.